The van der Waals surface area contributed by atoms with Crippen molar-refractivity contribution < 1.29 is 14.3 Å². The van der Waals surface area contributed by atoms with Crippen molar-refractivity contribution in [1.29, 1.82) is 0 Å². The van der Waals surface area contributed by atoms with Crippen molar-refractivity contribution in [2.75, 3.05) is 13.7 Å². The summed E-state index contributed by atoms with van der Waals surface area (Å²) in [6, 6.07) is 22.6. The van der Waals surface area contributed by atoms with Gasteiger partial charge in [-0.2, -0.15) is 0 Å². The van der Waals surface area contributed by atoms with Crippen LogP contribution in [-0.2, 0) is 35.0 Å². The van der Waals surface area contributed by atoms with E-state index in [4.69, 9.17) is 10.5 Å². The van der Waals surface area contributed by atoms with Crippen LogP contribution in [0.2, 0.25) is 0 Å². The monoisotopic (exact) mass is 568 g/mol. The van der Waals surface area contributed by atoms with Crippen LogP contribution in [0.15, 0.2) is 72.8 Å². The number of hydrogen-bond donors (Lipinski definition) is 2. The maximum Gasteiger partial charge on any atom is 0.243 e. The van der Waals surface area contributed by atoms with E-state index in [0.717, 1.165) is 39.9 Å². The molecule has 2 amide bonds. The molecule has 1 saturated heterocycles. The molecule has 3 atom stereocenters. The summed E-state index contributed by atoms with van der Waals surface area (Å²) in [7, 11) is 3.49. The summed E-state index contributed by atoms with van der Waals surface area (Å²) in [5.74, 6) is 0.570. The van der Waals surface area contributed by atoms with Gasteiger partial charge in [0.05, 0.1) is 18.7 Å². The Balaban J connectivity index is 1.31. The number of hydrogen-bond acceptors (Lipinski definition) is 6. The fraction of sp³-hybridized carbons (Fsp3) is 0.394. The first-order chi connectivity index (χ1) is 20.1. The largest absolute Gasteiger partial charge is 0.497 e. The van der Waals surface area contributed by atoms with Gasteiger partial charge in [-0.05, 0) is 71.6 Å². The number of carbonyl (C=O) groups is 2. The number of fused-ring (bicyclic) bond motifs is 1. The van der Waals surface area contributed by atoms with Crippen LogP contribution in [0.25, 0.3) is 11.0 Å². The molecule has 3 unspecified atom stereocenters. The average Bonchev–Trinajstić information content (AvgIpc) is 3.59. The molecule has 2 heterocycles. The van der Waals surface area contributed by atoms with Gasteiger partial charge in [0, 0.05) is 20.1 Å². The predicted octanol–water partition coefficient (Wildman–Crippen LogP) is 3.75. The van der Waals surface area contributed by atoms with Gasteiger partial charge >= 0.3 is 0 Å². The van der Waals surface area contributed by atoms with Gasteiger partial charge in [-0.3, -0.25) is 9.59 Å². The Morgan fingerprint density at radius 3 is 2.50 bits per heavy atom. The highest BCUT2D eigenvalue weighted by Gasteiger charge is 2.42. The number of ether oxygens (including phenoxy) is 1. The molecule has 1 fully saturated rings. The Bertz CT molecular complexity index is 1530. The predicted molar refractivity (Wildman–Crippen MR) is 163 cm³/mol. The molecule has 1 aliphatic rings. The van der Waals surface area contributed by atoms with Crippen molar-refractivity contribution in [3.8, 4) is 5.75 Å². The second-order valence-electron chi connectivity index (χ2n) is 12.0. The van der Waals surface area contributed by atoms with Gasteiger partial charge in [0.15, 0.2) is 0 Å². The first-order valence-electron chi connectivity index (χ1n) is 14.4. The van der Waals surface area contributed by atoms with E-state index >= 15 is 0 Å². The topological polar surface area (TPSA) is 115 Å². The molecule has 5 rings (SSSR count). The first kappa shape index (κ1) is 29.3. The van der Waals surface area contributed by atoms with Gasteiger partial charge in [-0.25, -0.2) is 4.68 Å². The fourth-order valence-electron chi connectivity index (χ4n) is 6.02. The molecule has 0 aliphatic carbocycles. The molecule has 0 bridgehead atoms. The lowest BCUT2D eigenvalue weighted by molar-refractivity contribution is -0.139. The molecule has 9 nitrogen and oxygen atoms in total. The minimum absolute atomic E-state index is 0.128. The highest BCUT2D eigenvalue weighted by molar-refractivity contribution is 5.90. The quantitative estimate of drug-likeness (QED) is 0.301. The van der Waals surface area contributed by atoms with E-state index in [2.05, 4.69) is 41.6 Å². The number of aryl methyl sites for hydroxylation is 1. The maximum atomic E-state index is 13.9. The van der Waals surface area contributed by atoms with Crippen LogP contribution in [0.3, 0.4) is 0 Å². The minimum Gasteiger partial charge on any atom is -0.497 e. The summed E-state index contributed by atoms with van der Waals surface area (Å²) in [5.41, 5.74) is 11.2. The Morgan fingerprint density at radius 1 is 1.07 bits per heavy atom. The lowest BCUT2D eigenvalue weighted by Crippen LogP contribution is -2.52. The lowest BCUT2D eigenvalue weighted by atomic mass is 9.79. The molecule has 220 valence electrons. The Kier molecular flexibility index (Phi) is 8.59. The SMILES string of the molecule is COc1ccc(CC2CC(C(=O)NCc3ccc4c(c3)nnn4C)N(C(=O)C(N)CC(C)(C)c3ccccc3)C2)cc1. The van der Waals surface area contributed by atoms with Crippen molar-refractivity contribution in [3.63, 3.8) is 0 Å². The van der Waals surface area contributed by atoms with E-state index in [9.17, 15) is 9.59 Å². The van der Waals surface area contributed by atoms with Gasteiger partial charge in [-0.1, -0.05) is 67.6 Å². The van der Waals surface area contributed by atoms with Gasteiger partial charge in [-0.15, -0.1) is 5.10 Å². The highest BCUT2D eigenvalue weighted by Crippen LogP contribution is 2.31. The van der Waals surface area contributed by atoms with Crippen molar-refractivity contribution >= 4 is 22.8 Å². The van der Waals surface area contributed by atoms with Crippen molar-refractivity contribution in [2.24, 2.45) is 18.7 Å². The molecular formula is C33H40N6O3. The van der Waals surface area contributed by atoms with Crippen molar-refractivity contribution in [2.45, 2.75) is 57.2 Å². The zero-order valence-electron chi connectivity index (χ0n) is 24.8. The van der Waals surface area contributed by atoms with Gasteiger partial charge in [0.25, 0.3) is 0 Å². The molecule has 0 radical (unpaired) electrons. The molecule has 4 aromatic rings. The molecule has 42 heavy (non-hydrogen) atoms. The number of methoxy groups -OCH3 is 1. The summed E-state index contributed by atoms with van der Waals surface area (Å²) in [4.78, 5) is 29.2. The summed E-state index contributed by atoms with van der Waals surface area (Å²) in [6.45, 7) is 5.02. The van der Waals surface area contributed by atoms with Crippen molar-refractivity contribution in [3.05, 3.63) is 89.5 Å². The normalized spacial score (nSPS) is 17.8. The van der Waals surface area contributed by atoms with Crippen LogP contribution < -0.4 is 15.8 Å². The van der Waals surface area contributed by atoms with Crippen molar-refractivity contribution in [1.82, 2.24) is 25.2 Å². The number of carbonyl (C=O) groups excluding carboxylic acids is 2. The zero-order chi connectivity index (χ0) is 29.9. The average molecular weight is 569 g/mol. The number of nitrogens with one attached hydrogen (secondary N) is 1. The van der Waals surface area contributed by atoms with E-state index in [0.29, 0.717) is 25.9 Å². The van der Waals surface area contributed by atoms with Gasteiger partial charge in [0.1, 0.15) is 17.3 Å². The Labute approximate surface area is 247 Å². The second kappa shape index (κ2) is 12.3. The molecule has 0 saturated carbocycles. The Hall–Kier alpha value is -4.24. The lowest BCUT2D eigenvalue weighted by Gasteiger charge is -2.32. The van der Waals surface area contributed by atoms with Crippen LogP contribution in [0.1, 0.15) is 43.4 Å². The van der Waals surface area contributed by atoms with E-state index in [1.807, 2.05) is 67.7 Å². The molecule has 3 aromatic carbocycles. The maximum absolute atomic E-state index is 13.9. The number of aromatic nitrogens is 3. The number of nitrogens with two attached hydrogens (primary N) is 1. The third-order valence-electron chi connectivity index (χ3n) is 8.40. The van der Waals surface area contributed by atoms with Crippen LogP contribution in [-0.4, -0.2) is 57.4 Å². The number of likely N-dealkylation sites (tertiary alicyclic amines) is 1. The van der Waals surface area contributed by atoms with E-state index in [1.54, 1.807) is 16.7 Å². The van der Waals surface area contributed by atoms with E-state index in [-0.39, 0.29) is 23.1 Å². The third-order valence-corrected chi connectivity index (χ3v) is 8.40. The van der Waals surface area contributed by atoms with Crippen LogP contribution >= 0.6 is 0 Å². The number of rotatable bonds is 10. The molecule has 3 N–H and O–H groups in total. The minimum atomic E-state index is -0.727. The van der Waals surface area contributed by atoms with Gasteiger partial charge < -0.3 is 20.7 Å². The van der Waals surface area contributed by atoms with Crippen LogP contribution in [0, 0.1) is 5.92 Å². The summed E-state index contributed by atoms with van der Waals surface area (Å²) in [5, 5.41) is 11.3. The molecule has 0 spiro atoms. The summed E-state index contributed by atoms with van der Waals surface area (Å²) >= 11 is 0. The fourth-order valence-corrected chi connectivity index (χ4v) is 6.02. The first-order valence-corrected chi connectivity index (χ1v) is 14.4. The standard InChI is InChI=1S/C33H40N6O3/c1-33(2,25-8-6-5-7-9-25)19-27(34)32(41)39-21-24(16-22-10-13-26(42-4)14-11-22)18-30(39)31(40)35-20-23-12-15-29-28(17-23)36-37-38(29)3/h5-15,17,24,27,30H,16,18-21,34H2,1-4H3,(H,35,40). The summed E-state index contributed by atoms with van der Waals surface area (Å²) in [6.07, 6.45) is 1.80. The number of amides is 2. The zero-order valence-corrected chi connectivity index (χ0v) is 24.8. The van der Waals surface area contributed by atoms with Gasteiger partial charge in [0.2, 0.25) is 11.8 Å². The number of nitrogens with zero attached hydrogens (tertiary/aromatic N) is 4. The third kappa shape index (κ3) is 6.46. The molecule has 9 heteroatoms. The smallest absolute Gasteiger partial charge is 0.243 e. The molecule has 1 aliphatic heterocycles. The van der Waals surface area contributed by atoms with Crippen LogP contribution in [0.5, 0.6) is 5.75 Å². The van der Waals surface area contributed by atoms with E-state index < -0.39 is 12.1 Å². The van der Waals surface area contributed by atoms with Crippen LogP contribution in [0.4, 0.5) is 0 Å². The summed E-state index contributed by atoms with van der Waals surface area (Å²) < 4.78 is 7.01. The highest BCUT2D eigenvalue weighted by atomic mass is 16.5. The Morgan fingerprint density at radius 2 is 1.79 bits per heavy atom. The number of benzene rings is 3. The molecular weight excluding hydrogens is 528 g/mol. The molecule has 1 aromatic heterocycles. The van der Waals surface area contributed by atoms with E-state index in [1.165, 1.54) is 0 Å². The second-order valence-corrected chi connectivity index (χ2v) is 12.0.